The SMILES string of the molecule is CCOC(=O)C1CCCN1S(=O)(=O)c1c(C)cccc1N. The maximum absolute atomic E-state index is 12.8. The minimum Gasteiger partial charge on any atom is -0.465 e. The number of anilines is 1. The van der Waals surface area contributed by atoms with Crippen LogP contribution in [0.4, 0.5) is 5.69 Å². The van der Waals surface area contributed by atoms with E-state index in [-0.39, 0.29) is 17.2 Å². The highest BCUT2D eigenvalue weighted by Crippen LogP contribution is 2.31. The predicted molar refractivity (Wildman–Crippen MR) is 79.1 cm³/mol. The Hall–Kier alpha value is -1.60. The van der Waals surface area contributed by atoms with Gasteiger partial charge in [0.05, 0.1) is 12.3 Å². The predicted octanol–water partition coefficient (Wildman–Crippen LogP) is 1.29. The van der Waals surface area contributed by atoms with Crippen LogP contribution in [0.15, 0.2) is 23.1 Å². The molecule has 0 aliphatic carbocycles. The maximum atomic E-state index is 12.8. The summed E-state index contributed by atoms with van der Waals surface area (Å²) in [6.45, 7) is 3.93. The van der Waals surface area contributed by atoms with Crippen molar-refractivity contribution in [3.05, 3.63) is 23.8 Å². The van der Waals surface area contributed by atoms with Crippen LogP contribution in [0.2, 0.25) is 0 Å². The lowest BCUT2D eigenvalue weighted by Crippen LogP contribution is -2.41. The highest BCUT2D eigenvalue weighted by molar-refractivity contribution is 7.89. The molecule has 1 unspecified atom stereocenters. The summed E-state index contributed by atoms with van der Waals surface area (Å²) in [6.07, 6.45) is 1.11. The van der Waals surface area contributed by atoms with Gasteiger partial charge in [-0.25, -0.2) is 8.42 Å². The number of nitrogen functional groups attached to an aromatic ring is 1. The lowest BCUT2D eigenvalue weighted by atomic mass is 10.2. The minimum absolute atomic E-state index is 0.0844. The average molecular weight is 312 g/mol. The van der Waals surface area contributed by atoms with Crippen molar-refractivity contribution in [2.24, 2.45) is 0 Å². The third-order valence-electron chi connectivity index (χ3n) is 3.57. The van der Waals surface area contributed by atoms with E-state index < -0.39 is 22.0 Å². The van der Waals surface area contributed by atoms with Gasteiger partial charge in [-0.2, -0.15) is 4.31 Å². The molecular weight excluding hydrogens is 292 g/mol. The monoisotopic (exact) mass is 312 g/mol. The number of nitrogens with zero attached hydrogens (tertiary/aromatic N) is 1. The van der Waals surface area contributed by atoms with Crippen LogP contribution in [0.5, 0.6) is 0 Å². The van der Waals surface area contributed by atoms with Crippen LogP contribution in [-0.2, 0) is 19.6 Å². The molecule has 0 aromatic heterocycles. The van der Waals surface area contributed by atoms with Crippen molar-refractivity contribution in [1.29, 1.82) is 0 Å². The average Bonchev–Trinajstić information content (AvgIpc) is 2.88. The molecule has 0 saturated carbocycles. The Labute approximate surface area is 124 Å². The molecule has 21 heavy (non-hydrogen) atoms. The van der Waals surface area contributed by atoms with Gasteiger partial charge in [0.2, 0.25) is 10.0 Å². The number of sulfonamides is 1. The Bertz CT molecular complexity index is 622. The fraction of sp³-hybridized carbons (Fsp3) is 0.500. The zero-order valence-corrected chi connectivity index (χ0v) is 13.0. The van der Waals surface area contributed by atoms with Crippen LogP contribution in [0, 0.1) is 6.92 Å². The topological polar surface area (TPSA) is 89.7 Å². The third kappa shape index (κ3) is 2.89. The van der Waals surface area contributed by atoms with Gasteiger partial charge in [-0.15, -0.1) is 0 Å². The first kappa shape index (κ1) is 15.8. The number of esters is 1. The lowest BCUT2D eigenvalue weighted by Gasteiger charge is -2.24. The number of nitrogens with two attached hydrogens (primary N) is 1. The first-order chi connectivity index (χ1) is 9.89. The Morgan fingerprint density at radius 2 is 2.19 bits per heavy atom. The molecule has 1 aromatic carbocycles. The number of aryl methyl sites for hydroxylation is 1. The van der Waals surface area contributed by atoms with Gasteiger partial charge >= 0.3 is 5.97 Å². The molecule has 6 nitrogen and oxygen atoms in total. The van der Waals surface area contributed by atoms with Crippen molar-refractivity contribution in [2.75, 3.05) is 18.9 Å². The quantitative estimate of drug-likeness (QED) is 0.668. The van der Waals surface area contributed by atoms with E-state index in [1.54, 1.807) is 32.0 Å². The first-order valence-electron chi connectivity index (χ1n) is 6.93. The summed E-state index contributed by atoms with van der Waals surface area (Å²) in [5, 5.41) is 0. The third-order valence-corrected chi connectivity index (χ3v) is 5.70. The van der Waals surface area contributed by atoms with E-state index in [0.29, 0.717) is 24.9 Å². The van der Waals surface area contributed by atoms with Crippen molar-refractivity contribution < 1.29 is 17.9 Å². The van der Waals surface area contributed by atoms with Crippen molar-refractivity contribution in [3.63, 3.8) is 0 Å². The first-order valence-corrected chi connectivity index (χ1v) is 8.37. The Balaban J connectivity index is 2.41. The van der Waals surface area contributed by atoms with E-state index in [1.807, 2.05) is 0 Å². The standard InChI is InChI=1S/C14H20N2O4S/c1-3-20-14(17)12-8-5-9-16(12)21(18,19)13-10(2)6-4-7-11(13)15/h4,6-7,12H,3,5,8-9,15H2,1-2H3. The molecule has 0 radical (unpaired) electrons. The number of rotatable bonds is 4. The molecular formula is C14H20N2O4S. The van der Waals surface area contributed by atoms with Gasteiger partial charge in [0.25, 0.3) is 0 Å². The van der Waals surface area contributed by atoms with Gasteiger partial charge < -0.3 is 10.5 Å². The molecule has 2 rings (SSSR count). The van der Waals surface area contributed by atoms with Gasteiger partial charge in [-0.1, -0.05) is 12.1 Å². The molecule has 1 aliphatic heterocycles. The minimum atomic E-state index is -3.81. The Morgan fingerprint density at radius 3 is 2.81 bits per heavy atom. The molecule has 1 saturated heterocycles. The van der Waals surface area contributed by atoms with Crippen LogP contribution in [0.3, 0.4) is 0 Å². The molecule has 1 heterocycles. The van der Waals surface area contributed by atoms with Gasteiger partial charge in [0.15, 0.2) is 0 Å². The summed E-state index contributed by atoms with van der Waals surface area (Å²) < 4.78 is 31.9. The second kappa shape index (κ2) is 6.03. The van der Waals surface area contributed by atoms with E-state index in [9.17, 15) is 13.2 Å². The summed E-state index contributed by atoms with van der Waals surface area (Å²) in [5.74, 6) is -0.495. The second-order valence-corrected chi connectivity index (χ2v) is 6.85. The number of ether oxygens (including phenoxy) is 1. The van der Waals surface area contributed by atoms with Gasteiger partial charge in [0, 0.05) is 6.54 Å². The fourth-order valence-electron chi connectivity index (χ4n) is 2.65. The molecule has 0 amide bonds. The highest BCUT2D eigenvalue weighted by Gasteiger charge is 2.41. The molecule has 0 bridgehead atoms. The largest absolute Gasteiger partial charge is 0.465 e. The molecule has 116 valence electrons. The molecule has 1 aliphatic rings. The zero-order chi connectivity index (χ0) is 15.6. The number of hydrogen-bond acceptors (Lipinski definition) is 5. The Kier molecular flexibility index (Phi) is 4.53. The summed E-state index contributed by atoms with van der Waals surface area (Å²) in [7, 11) is -3.81. The summed E-state index contributed by atoms with van der Waals surface area (Å²) >= 11 is 0. The van der Waals surface area contributed by atoms with Crippen molar-refractivity contribution in [3.8, 4) is 0 Å². The molecule has 2 N–H and O–H groups in total. The highest BCUT2D eigenvalue weighted by atomic mass is 32.2. The molecule has 1 atom stereocenters. The van der Waals surface area contributed by atoms with Crippen molar-refractivity contribution in [2.45, 2.75) is 37.6 Å². The van der Waals surface area contributed by atoms with E-state index in [4.69, 9.17) is 10.5 Å². The van der Waals surface area contributed by atoms with Gasteiger partial charge in [0.1, 0.15) is 10.9 Å². The van der Waals surface area contributed by atoms with E-state index >= 15 is 0 Å². The maximum Gasteiger partial charge on any atom is 0.324 e. The molecule has 7 heteroatoms. The van der Waals surface area contributed by atoms with Crippen LogP contribution >= 0.6 is 0 Å². The van der Waals surface area contributed by atoms with Gasteiger partial charge in [-0.3, -0.25) is 4.79 Å². The summed E-state index contributed by atoms with van der Waals surface area (Å²) in [6, 6.07) is 4.19. The van der Waals surface area contributed by atoms with Crippen LogP contribution in [-0.4, -0.2) is 37.9 Å². The van der Waals surface area contributed by atoms with Crippen molar-refractivity contribution >= 4 is 21.7 Å². The smallest absolute Gasteiger partial charge is 0.324 e. The number of carbonyl (C=O) groups excluding carboxylic acids is 1. The normalized spacial score (nSPS) is 19.6. The van der Waals surface area contributed by atoms with Crippen molar-refractivity contribution in [1.82, 2.24) is 4.31 Å². The van der Waals surface area contributed by atoms with E-state index in [0.717, 1.165) is 0 Å². The molecule has 1 fully saturated rings. The Morgan fingerprint density at radius 1 is 1.48 bits per heavy atom. The second-order valence-electron chi connectivity index (χ2n) is 5.02. The number of carbonyl (C=O) groups is 1. The van der Waals surface area contributed by atoms with E-state index in [1.165, 1.54) is 4.31 Å². The fourth-order valence-corrected chi connectivity index (χ4v) is 4.62. The van der Waals surface area contributed by atoms with Crippen LogP contribution in [0.25, 0.3) is 0 Å². The summed E-state index contributed by atoms with van der Waals surface area (Å²) in [5.41, 5.74) is 6.61. The molecule has 1 aromatic rings. The lowest BCUT2D eigenvalue weighted by molar-refractivity contribution is -0.146. The number of benzene rings is 1. The molecule has 0 spiro atoms. The van der Waals surface area contributed by atoms with Gasteiger partial charge in [-0.05, 0) is 38.3 Å². The van der Waals surface area contributed by atoms with Crippen LogP contribution < -0.4 is 5.73 Å². The zero-order valence-electron chi connectivity index (χ0n) is 12.2. The van der Waals surface area contributed by atoms with E-state index in [2.05, 4.69) is 0 Å². The number of hydrogen-bond donors (Lipinski definition) is 1. The summed E-state index contributed by atoms with van der Waals surface area (Å²) in [4.78, 5) is 12.0. The van der Waals surface area contributed by atoms with Crippen LogP contribution in [0.1, 0.15) is 25.3 Å².